The molecule has 0 fully saturated rings. The maximum Gasteiger partial charge on any atom is 0.335 e. The Hall–Kier alpha value is -4.33. The lowest BCUT2D eigenvalue weighted by molar-refractivity contribution is 0.0693. The molecule has 0 bridgehead atoms. The minimum absolute atomic E-state index is 0.180. The average Bonchev–Trinajstić information content (AvgIpc) is 2.86. The molecule has 3 aromatic rings. The van der Waals surface area contributed by atoms with Crippen LogP contribution in [0.5, 0.6) is 5.75 Å². The number of benzene rings is 3. The summed E-state index contributed by atoms with van der Waals surface area (Å²) < 4.78 is 5.15. The summed E-state index contributed by atoms with van der Waals surface area (Å²) in [6.45, 7) is 1.07. The third-order valence-corrected chi connectivity index (χ3v) is 5.76. The highest BCUT2D eigenvalue weighted by atomic mass is 16.5. The van der Waals surface area contributed by atoms with Crippen molar-refractivity contribution in [3.8, 4) is 5.75 Å². The molecule has 8 heteroatoms. The third-order valence-electron chi connectivity index (χ3n) is 5.76. The molecule has 0 radical (unpaired) electrons. The normalized spacial score (nSPS) is 12.8. The summed E-state index contributed by atoms with van der Waals surface area (Å²) >= 11 is 0. The highest BCUT2D eigenvalue weighted by Crippen LogP contribution is 2.28. The average molecular weight is 460 g/mol. The lowest BCUT2D eigenvalue weighted by Gasteiger charge is -2.36. The van der Waals surface area contributed by atoms with Crippen LogP contribution in [0.1, 0.15) is 42.2 Å². The van der Waals surface area contributed by atoms with Crippen molar-refractivity contribution in [2.75, 3.05) is 25.7 Å². The fraction of sp³-hybridized carbons (Fsp3) is 0.192. The molecule has 0 saturated heterocycles. The summed E-state index contributed by atoms with van der Waals surface area (Å²) in [7, 11) is 3.48. The number of carbonyl (C=O) groups excluding carboxylic acids is 2. The first-order valence-electron chi connectivity index (χ1n) is 10.7. The van der Waals surface area contributed by atoms with Crippen molar-refractivity contribution >= 4 is 23.5 Å². The quantitative estimate of drug-likeness (QED) is 0.562. The number of aromatic carboxylic acids is 1. The number of nitrogens with zero attached hydrogens (tertiary/aromatic N) is 2. The summed E-state index contributed by atoms with van der Waals surface area (Å²) in [5.41, 5.74) is 3.57. The molecule has 3 aromatic carbocycles. The summed E-state index contributed by atoms with van der Waals surface area (Å²) in [5.74, 6) is -0.697. The number of hydrogen-bond donors (Lipinski definition) is 2. The van der Waals surface area contributed by atoms with E-state index in [4.69, 9.17) is 9.84 Å². The molecule has 8 nitrogen and oxygen atoms in total. The third kappa shape index (κ3) is 4.85. The predicted octanol–water partition coefficient (Wildman–Crippen LogP) is 3.37. The molecular weight excluding hydrogens is 434 g/mol. The standard InChI is InChI=1S/C26H25N3O5/c1-28-16-29(15-18-3-7-19(8-4-18)26(32)33)25(31)22-13-20(9-12-23(22)28)24(30)27-14-17-5-10-21(34-2)11-6-17/h3-13H,14-16H2,1-2H3,(H,27,30)(H,32,33). The number of anilines is 1. The molecule has 0 spiro atoms. The lowest BCUT2D eigenvalue weighted by atomic mass is 10.0. The van der Waals surface area contributed by atoms with E-state index in [9.17, 15) is 14.4 Å². The zero-order valence-corrected chi connectivity index (χ0v) is 18.9. The fourth-order valence-corrected chi connectivity index (χ4v) is 3.87. The van der Waals surface area contributed by atoms with E-state index in [1.807, 2.05) is 36.2 Å². The molecule has 4 rings (SSSR count). The fourth-order valence-electron chi connectivity index (χ4n) is 3.87. The van der Waals surface area contributed by atoms with Gasteiger partial charge < -0.3 is 25.0 Å². The summed E-state index contributed by atoms with van der Waals surface area (Å²) in [6.07, 6.45) is 0. The van der Waals surface area contributed by atoms with E-state index >= 15 is 0 Å². The second-order valence-corrected chi connectivity index (χ2v) is 8.11. The molecule has 0 saturated carbocycles. The summed E-state index contributed by atoms with van der Waals surface area (Å²) in [5, 5.41) is 12.0. The number of amides is 2. The van der Waals surface area contributed by atoms with Crippen LogP contribution >= 0.6 is 0 Å². The van der Waals surface area contributed by atoms with Gasteiger partial charge in [-0.05, 0) is 53.6 Å². The Morgan fingerprint density at radius 1 is 0.971 bits per heavy atom. The van der Waals surface area contributed by atoms with Gasteiger partial charge in [-0.2, -0.15) is 0 Å². The minimum atomic E-state index is -0.993. The van der Waals surface area contributed by atoms with Gasteiger partial charge in [0.15, 0.2) is 0 Å². The Bertz CT molecular complexity index is 1220. The first-order valence-corrected chi connectivity index (χ1v) is 10.7. The van der Waals surface area contributed by atoms with Crippen LogP contribution in [0.4, 0.5) is 5.69 Å². The van der Waals surface area contributed by atoms with Gasteiger partial charge in [0.1, 0.15) is 5.75 Å². The van der Waals surface area contributed by atoms with E-state index in [2.05, 4.69) is 5.32 Å². The Labute approximate surface area is 197 Å². The van der Waals surface area contributed by atoms with Crippen LogP contribution < -0.4 is 15.0 Å². The first kappa shape index (κ1) is 22.8. The van der Waals surface area contributed by atoms with Crippen LogP contribution in [-0.2, 0) is 13.1 Å². The van der Waals surface area contributed by atoms with Crippen LogP contribution in [-0.4, -0.2) is 48.6 Å². The molecule has 2 N–H and O–H groups in total. The summed E-state index contributed by atoms with van der Waals surface area (Å²) in [6, 6.07) is 19.0. The highest BCUT2D eigenvalue weighted by molar-refractivity contribution is 6.04. The smallest absolute Gasteiger partial charge is 0.335 e. The van der Waals surface area contributed by atoms with Crippen molar-refractivity contribution < 1.29 is 24.2 Å². The van der Waals surface area contributed by atoms with Crippen molar-refractivity contribution in [1.29, 1.82) is 0 Å². The minimum Gasteiger partial charge on any atom is -0.497 e. The van der Waals surface area contributed by atoms with Crippen molar-refractivity contribution in [2.45, 2.75) is 13.1 Å². The Morgan fingerprint density at radius 3 is 2.26 bits per heavy atom. The van der Waals surface area contributed by atoms with Crippen LogP contribution in [0.2, 0.25) is 0 Å². The zero-order valence-electron chi connectivity index (χ0n) is 18.9. The van der Waals surface area contributed by atoms with E-state index in [0.29, 0.717) is 30.9 Å². The monoisotopic (exact) mass is 459 g/mol. The molecule has 0 atom stereocenters. The van der Waals surface area contributed by atoms with Crippen molar-refractivity contribution in [1.82, 2.24) is 10.2 Å². The Kier molecular flexibility index (Phi) is 6.49. The second-order valence-electron chi connectivity index (χ2n) is 8.11. The number of carboxylic acid groups (broad SMARTS) is 1. The predicted molar refractivity (Wildman–Crippen MR) is 127 cm³/mol. The SMILES string of the molecule is COc1ccc(CNC(=O)c2ccc3c(c2)C(=O)N(Cc2ccc(C(=O)O)cc2)CN3C)cc1. The molecule has 1 aliphatic rings. The number of ether oxygens (including phenoxy) is 1. The number of fused-ring (bicyclic) bond motifs is 1. The largest absolute Gasteiger partial charge is 0.497 e. The van der Waals surface area contributed by atoms with Gasteiger partial charge in [-0.25, -0.2) is 4.79 Å². The van der Waals surface area contributed by atoms with Gasteiger partial charge >= 0.3 is 5.97 Å². The number of hydrogen-bond acceptors (Lipinski definition) is 5. The molecule has 0 unspecified atom stereocenters. The molecule has 0 aromatic heterocycles. The number of carboxylic acids is 1. The number of carbonyl (C=O) groups is 3. The molecule has 2 amide bonds. The molecule has 1 heterocycles. The van der Waals surface area contributed by atoms with Crippen molar-refractivity contribution in [3.63, 3.8) is 0 Å². The van der Waals surface area contributed by atoms with Gasteiger partial charge in [0.2, 0.25) is 0 Å². The topological polar surface area (TPSA) is 99.2 Å². The number of nitrogens with one attached hydrogen (secondary N) is 1. The number of rotatable bonds is 7. The van der Waals surface area contributed by atoms with Gasteiger partial charge in [0.05, 0.1) is 30.6 Å². The van der Waals surface area contributed by atoms with E-state index in [1.54, 1.807) is 42.3 Å². The van der Waals surface area contributed by atoms with Crippen LogP contribution in [0.25, 0.3) is 0 Å². The van der Waals surface area contributed by atoms with Crippen molar-refractivity contribution in [3.05, 3.63) is 94.5 Å². The maximum absolute atomic E-state index is 13.2. The van der Waals surface area contributed by atoms with Crippen molar-refractivity contribution in [2.24, 2.45) is 0 Å². The lowest BCUT2D eigenvalue weighted by Crippen LogP contribution is -2.44. The van der Waals surface area contributed by atoms with E-state index in [0.717, 1.165) is 22.6 Å². The summed E-state index contributed by atoms with van der Waals surface area (Å²) in [4.78, 5) is 40.6. The first-order chi connectivity index (χ1) is 16.4. The molecule has 1 aliphatic heterocycles. The van der Waals surface area contributed by atoms with Gasteiger partial charge in [-0.3, -0.25) is 9.59 Å². The molecule has 0 aliphatic carbocycles. The van der Waals surface area contributed by atoms with Gasteiger partial charge in [-0.1, -0.05) is 24.3 Å². The molecule has 34 heavy (non-hydrogen) atoms. The van der Waals surface area contributed by atoms with Gasteiger partial charge in [0.25, 0.3) is 11.8 Å². The van der Waals surface area contributed by atoms with Crippen LogP contribution in [0.3, 0.4) is 0 Å². The van der Waals surface area contributed by atoms with E-state index in [1.165, 1.54) is 12.1 Å². The maximum atomic E-state index is 13.2. The van der Waals surface area contributed by atoms with E-state index < -0.39 is 5.97 Å². The van der Waals surface area contributed by atoms with Gasteiger partial charge in [0, 0.05) is 25.7 Å². The molecule has 174 valence electrons. The Morgan fingerprint density at radius 2 is 1.62 bits per heavy atom. The van der Waals surface area contributed by atoms with Crippen LogP contribution in [0.15, 0.2) is 66.7 Å². The zero-order chi connectivity index (χ0) is 24.2. The highest BCUT2D eigenvalue weighted by Gasteiger charge is 2.28. The number of methoxy groups -OCH3 is 1. The second kappa shape index (κ2) is 9.66. The van der Waals surface area contributed by atoms with E-state index in [-0.39, 0.29) is 17.4 Å². The Balaban J connectivity index is 1.47. The molecular formula is C26H25N3O5. The van der Waals surface area contributed by atoms with Crippen LogP contribution in [0, 0.1) is 0 Å². The van der Waals surface area contributed by atoms with Gasteiger partial charge in [-0.15, -0.1) is 0 Å².